The number of thiophene rings is 1. The molecule has 1 heterocycles. The first-order valence-corrected chi connectivity index (χ1v) is 10.3. The second kappa shape index (κ2) is 6.68. The summed E-state index contributed by atoms with van der Waals surface area (Å²) in [6.45, 7) is 6.92. The molecule has 1 aliphatic rings. The van der Waals surface area contributed by atoms with Crippen LogP contribution in [0.15, 0.2) is 41.8 Å². The molecule has 1 amide bonds. The van der Waals surface area contributed by atoms with Gasteiger partial charge >= 0.3 is 0 Å². The fourth-order valence-electron chi connectivity index (χ4n) is 4.03. The number of amides is 1. The van der Waals surface area contributed by atoms with E-state index in [9.17, 15) is 9.90 Å². The Hall–Kier alpha value is -2.33. The van der Waals surface area contributed by atoms with E-state index in [0.717, 1.165) is 41.3 Å². The van der Waals surface area contributed by atoms with E-state index in [1.165, 1.54) is 10.4 Å². The number of nitrogens with one attached hydrogen (secondary N) is 1. The molecule has 1 unspecified atom stereocenters. The Labute approximate surface area is 164 Å². The van der Waals surface area contributed by atoms with Crippen molar-refractivity contribution >= 4 is 33.7 Å². The minimum Gasteiger partial charge on any atom is -0.507 e. The zero-order valence-corrected chi connectivity index (χ0v) is 16.8. The summed E-state index contributed by atoms with van der Waals surface area (Å²) in [5, 5.41) is 16.7. The summed E-state index contributed by atoms with van der Waals surface area (Å²) in [4.78, 5) is 14.4. The molecule has 4 rings (SSSR count). The lowest BCUT2D eigenvalue weighted by atomic mass is 9.72. The van der Waals surface area contributed by atoms with Gasteiger partial charge in [-0.05, 0) is 48.3 Å². The van der Waals surface area contributed by atoms with Gasteiger partial charge in [-0.1, -0.05) is 45.0 Å². The maximum Gasteiger partial charge on any atom is 0.256 e. The van der Waals surface area contributed by atoms with Crippen LogP contribution in [0.2, 0.25) is 0 Å². The molecule has 140 valence electrons. The van der Waals surface area contributed by atoms with Gasteiger partial charge in [0.05, 0.1) is 5.56 Å². The summed E-state index contributed by atoms with van der Waals surface area (Å²) < 4.78 is 0. The third-order valence-electron chi connectivity index (χ3n) is 5.77. The average Bonchev–Trinajstić information content (AvgIpc) is 3.05. The molecule has 2 N–H and O–H groups in total. The predicted molar refractivity (Wildman–Crippen MR) is 113 cm³/mol. The molecule has 0 spiro atoms. The highest BCUT2D eigenvalue weighted by Crippen LogP contribution is 2.41. The monoisotopic (exact) mass is 379 g/mol. The van der Waals surface area contributed by atoms with Crippen molar-refractivity contribution in [2.45, 2.75) is 40.0 Å². The number of fused-ring (bicyclic) bond motifs is 2. The lowest BCUT2D eigenvalue weighted by Gasteiger charge is -2.34. The van der Waals surface area contributed by atoms with Crippen molar-refractivity contribution in [2.24, 2.45) is 11.3 Å². The highest BCUT2D eigenvalue weighted by Gasteiger charge is 2.31. The second-order valence-electron chi connectivity index (χ2n) is 8.49. The fraction of sp³-hybridized carbons (Fsp3) is 0.348. The van der Waals surface area contributed by atoms with Gasteiger partial charge in [0, 0.05) is 26.7 Å². The van der Waals surface area contributed by atoms with Crippen molar-refractivity contribution in [1.29, 1.82) is 0 Å². The van der Waals surface area contributed by atoms with E-state index in [1.807, 2.05) is 29.6 Å². The Kier molecular flexibility index (Phi) is 4.47. The van der Waals surface area contributed by atoms with E-state index in [2.05, 4.69) is 26.1 Å². The smallest absolute Gasteiger partial charge is 0.256 e. The van der Waals surface area contributed by atoms with Crippen LogP contribution in [-0.2, 0) is 12.8 Å². The van der Waals surface area contributed by atoms with Crippen LogP contribution in [0, 0.1) is 11.3 Å². The van der Waals surface area contributed by atoms with Crippen LogP contribution < -0.4 is 5.32 Å². The van der Waals surface area contributed by atoms with E-state index >= 15 is 0 Å². The quantitative estimate of drug-likeness (QED) is 0.573. The summed E-state index contributed by atoms with van der Waals surface area (Å²) in [7, 11) is 0. The van der Waals surface area contributed by atoms with Gasteiger partial charge in [0.2, 0.25) is 0 Å². The van der Waals surface area contributed by atoms with E-state index in [-0.39, 0.29) is 11.7 Å². The first-order chi connectivity index (χ1) is 12.8. The molecule has 4 heteroatoms. The van der Waals surface area contributed by atoms with E-state index in [4.69, 9.17) is 0 Å². The predicted octanol–water partition coefficient (Wildman–Crippen LogP) is 6.01. The van der Waals surface area contributed by atoms with Crippen LogP contribution in [0.1, 0.15) is 48.0 Å². The van der Waals surface area contributed by atoms with Crippen molar-refractivity contribution in [1.82, 2.24) is 0 Å². The molecule has 0 saturated carbocycles. The largest absolute Gasteiger partial charge is 0.507 e. The lowest BCUT2D eigenvalue weighted by Crippen LogP contribution is -2.27. The zero-order chi connectivity index (χ0) is 19.2. The van der Waals surface area contributed by atoms with Crippen LogP contribution in [0.4, 0.5) is 5.69 Å². The summed E-state index contributed by atoms with van der Waals surface area (Å²) >= 11 is 1.72. The number of hydrogen-bond acceptors (Lipinski definition) is 3. The molecule has 0 fully saturated rings. The topological polar surface area (TPSA) is 49.3 Å². The van der Waals surface area contributed by atoms with E-state index < -0.39 is 0 Å². The number of benzene rings is 2. The van der Waals surface area contributed by atoms with Gasteiger partial charge in [0.25, 0.3) is 5.91 Å². The molecule has 0 bridgehead atoms. The maximum absolute atomic E-state index is 13.0. The van der Waals surface area contributed by atoms with Crippen LogP contribution in [0.25, 0.3) is 10.8 Å². The Morgan fingerprint density at radius 3 is 2.67 bits per heavy atom. The number of carbonyl (C=O) groups excluding carboxylic acids is 1. The third kappa shape index (κ3) is 3.34. The number of phenolic OH excluding ortho intramolecular Hbond substituents is 1. The maximum atomic E-state index is 13.0. The average molecular weight is 380 g/mol. The SMILES string of the molecule is CC(C)(C)C1CCc2c(C(=O)Nc3cccc4c(O)cccc34)csc2C1. The summed E-state index contributed by atoms with van der Waals surface area (Å²) in [6, 6.07) is 11.0. The number of carbonyl (C=O) groups is 1. The lowest BCUT2D eigenvalue weighted by molar-refractivity contribution is 0.102. The summed E-state index contributed by atoms with van der Waals surface area (Å²) in [5.41, 5.74) is 3.06. The molecule has 0 aliphatic heterocycles. The van der Waals surface area contributed by atoms with Crippen molar-refractivity contribution < 1.29 is 9.90 Å². The Bertz CT molecular complexity index is 1010. The number of anilines is 1. The first kappa shape index (κ1) is 18.1. The number of hydrogen-bond donors (Lipinski definition) is 2. The summed E-state index contributed by atoms with van der Waals surface area (Å²) in [5.74, 6) is 0.836. The van der Waals surface area contributed by atoms with Crippen LogP contribution in [-0.4, -0.2) is 11.0 Å². The van der Waals surface area contributed by atoms with E-state index in [1.54, 1.807) is 23.5 Å². The molecule has 0 radical (unpaired) electrons. The Balaban J connectivity index is 1.61. The van der Waals surface area contributed by atoms with Gasteiger partial charge in [-0.15, -0.1) is 11.3 Å². The molecule has 27 heavy (non-hydrogen) atoms. The number of aromatic hydroxyl groups is 1. The molecule has 1 atom stereocenters. The van der Waals surface area contributed by atoms with Crippen molar-refractivity contribution in [3.8, 4) is 5.75 Å². The Morgan fingerprint density at radius 1 is 1.15 bits per heavy atom. The minimum absolute atomic E-state index is 0.0578. The van der Waals surface area contributed by atoms with Crippen molar-refractivity contribution in [3.05, 3.63) is 57.8 Å². The molecule has 1 aliphatic carbocycles. The number of rotatable bonds is 2. The van der Waals surface area contributed by atoms with Crippen LogP contribution >= 0.6 is 11.3 Å². The summed E-state index contributed by atoms with van der Waals surface area (Å²) in [6.07, 6.45) is 3.18. The van der Waals surface area contributed by atoms with Crippen molar-refractivity contribution in [3.63, 3.8) is 0 Å². The number of phenols is 1. The van der Waals surface area contributed by atoms with Gasteiger partial charge in [-0.25, -0.2) is 0 Å². The highest BCUT2D eigenvalue weighted by molar-refractivity contribution is 7.10. The van der Waals surface area contributed by atoms with Gasteiger partial charge in [-0.3, -0.25) is 4.79 Å². The molecule has 3 nitrogen and oxygen atoms in total. The van der Waals surface area contributed by atoms with Crippen LogP contribution in [0.3, 0.4) is 0 Å². The molecule has 0 saturated heterocycles. The fourth-order valence-corrected chi connectivity index (χ4v) is 5.20. The minimum atomic E-state index is -0.0578. The van der Waals surface area contributed by atoms with Gasteiger partial charge in [0.15, 0.2) is 0 Å². The normalized spacial score (nSPS) is 16.9. The van der Waals surface area contributed by atoms with Gasteiger partial charge in [-0.2, -0.15) is 0 Å². The third-order valence-corrected chi connectivity index (χ3v) is 6.82. The molecular formula is C23H25NO2S. The van der Waals surface area contributed by atoms with Gasteiger partial charge < -0.3 is 10.4 Å². The molecular weight excluding hydrogens is 354 g/mol. The molecule has 3 aromatic rings. The molecule has 1 aromatic heterocycles. The molecule has 2 aromatic carbocycles. The highest BCUT2D eigenvalue weighted by atomic mass is 32.1. The standard InChI is InChI=1S/C23H25NO2S/c1-23(2,3)14-10-11-17-18(13-27-21(17)12-14)22(26)24-19-8-4-7-16-15(19)6-5-9-20(16)25/h4-9,13-14,25H,10-12H2,1-3H3,(H,24,26). The van der Waals surface area contributed by atoms with Crippen LogP contribution in [0.5, 0.6) is 5.75 Å². The zero-order valence-electron chi connectivity index (χ0n) is 16.0. The second-order valence-corrected chi connectivity index (χ2v) is 9.45. The first-order valence-electron chi connectivity index (χ1n) is 9.46. The van der Waals surface area contributed by atoms with E-state index in [0.29, 0.717) is 11.3 Å². The van der Waals surface area contributed by atoms with Gasteiger partial charge in [0.1, 0.15) is 5.75 Å². The van der Waals surface area contributed by atoms with Crippen molar-refractivity contribution in [2.75, 3.05) is 5.32 Å². The Morgan fingerprint density at radius 2 is 1.89 bits per heavy atom.